The van der Waals surface area contributed by atoms with Crippen molar-refractivity contribution in [2.45, 2.75) is 38.1 Å². The number of fused-ring (bicyclic) bond motifs is 1. The van der Waals surface area contributed by atoms with Gasteiger partial charge in [-0.2, -0.15) is 0 Å². The number of amides is 2. The number of alkyl halides is 3. The second kappa shape index (κ2) is 10.3. The van der Waals surface area contributed by atoms with Crippen molar-refractivity contribution in [3.05, 3.63) is 75.2 Å². The Hall–Kier alpha value is -3.60. The van der Waals surface area contributed by atoms with Crippen LogP contribution in [-0.2, 0) is 17.8 Å². The van der Waals surface area contributed by atoms with E-state index in [0.717, 1.165) is 36.3 Å². The topological polar surface area (TPSA) is 104 Å². The molecule has 0 aliphatic heterocycles. The smallest absolute Gasteiger partial charge is 0.484 e. The molecule has 2 aromatic carbocycles. The van der Waals surface area contributed by atoms with Gasteiger partial charge in [0.15, 0.2) is 6.61 Å². The fraction of sp³-hybridized carbons (Fsp3) is 0.292. The van der Waals surface area contributed by atoms with Gasteiger partial charge in [-0.25, -0.2) is 4.98 Å². The highest BCUT2D eigenvalue weighted by atomic mass is 32.1. The summed E-state index contributed by atoms with van der Waals surface area (Å²) in [4.78, 5) is 29.5. The monoisotopic (exact) mass is 505 g/mol. The summed E-state index contributed by atoms with van der Waals surface area (Å²) in [7, 11) is 0. The molecule has 1 heterocycles. The second-order valence-corrected chi connectivity index (χ2v) is 9.03. The number of halogens is 3. The van der Waals surface area contributed by atoms with Gasteiger partial charge in [0.1, 0.15) is 22.2 Å². The number of hydrogen-bond donors (Lipinski definition) is 2. The van der Waals surface area contributed by atoms with Crippen LogP contribution in [0.5, 0.6) is 11.5 Å². The van der Waals surface area contributed by atoms with Crippen molar-refractivity contribution in [1.82, 2.24) is 10.3 Å². The summed E-state index contributed by atoms with van der Waals surface area (Å²) in [6.45, 7) is -0.268. The van der Waals surface area contributed by atoms with E-state index in [9.17, 15) is 22.8 Å². The summed E-state index contributed by atoms with van der Waals surface area (Å²) in [6, 6.07) is 12.8. The van der Waals surface area contributed by atoms with E-state index >= 15 is 0 Å². The Bertz CT molecular complexity index is 1210. The van der Waals surface area contributed by atoms with Gasteiger partial charge in [-0.15, -0.1) is 24.5 Å². The number of nitrogens with one attached hydrogen (secondary N) is 1. The van der Waals surface area contributed by atoms with Crippen LogP contribution in [0.2, 0.25) is 0 Å². The molecule has 0 fully saturated rings. The number of nitrogens with two attached hydrogens (primary N) is 1. The molecule has 0 saturated heterocycles. The lowest BCUT2D eigenvalue weighted by Gasteiger charge is -2.24. The molecule has 7 nitrogen and oxygen atoms in total. The molecule has 0 bridgehead atoms. The number of benzene rings is 2. The zero-order valence-corrected chi connectivity index (χ0v) is 19.2. The lowest BCUT2D eigenvalue weighted by Crippen LogP contribution is -2.28. The fourth-order valence-corrected chi connectivity index (χ4v) is 5.17. The lowest BCUT2D eigenvalue weighted by molar-refractivity contribution is -0.274. The molecule has 1 aromatic heterocycles. The first-order valence-electron chi connectivity index (χ1n) is 10.8. The van der Waals surface area contributed by atoms with Crippen LogP contribution in [0.1, 0.15) is 50.3 Å². The van der Waals surface area contributed by atoms with Crippen molar-refractivity contribution in [3.8, 4) is 11.5 Å². The number of primary amides is 1. The zero-order valence-electron chi connectivity index (χ0n) is 18.4. The van der Waals surface area contributed by atoms with Crippen LogP contribution >= 0.6 is 11.3 Å². The van der Waals surface area contributed by atoms with Gasteiger partial charge in [-0.05, 0) is 54.7 Å². The maximum Gasteiger partial charge on any atom is 0.573 e. The molecule has 4 rings (SSSR count). The van der Waals surface area contributed by atoms with Gasteiger partial charge in [-0.1, -0.05) is 24.3 Å². The molecule has 0 saturated carbocycles. The highest BCUT2D eigenvalue weighted by Gasteiger charge is 2.31. The number of thiazole rings is 1. The number of carbonyl (C=O) groups is 2. The molecule has 1 atom stereocenters. The molecular formula is C24H22F3N3O4S. The average Bonchev–Trinajstić information content (AvgIpc) is 3.25. The maximum atomic E-state index is 12.2. The van der Waals surface area contributed by atoms with Crippen LogP contribution in [0.4, 0.5) is 13.2 Å². The standard InChI is InChI=1S/C24H22F3N3O4S/c25-24(26,27)34-16-10-8-15(9-11-16)33-13-19(31)29-12-20-30-21(23(28)32)22(35-20)18-7-3-5-14-4-1-2-6-17(14)18/h1-2,4,6,8-11,18H,3,5,7,12-13H2,(H2,28,32)(H,29,31)/t18-/m1/s1. The third-order valence-corrected chi connectivity index (χ3v) is 6.65. The molecule has 0 unspecified atom stereocenters. The Labute approximate surface area is 203 Å². The van der Waals surface area contributed by atoms with E-state index in [1.54, 1.807) is 0 Å². The zero-order chi connectivity index (χ0) is 25.0. The molecule has 11 heteroatoms. The molecule has 3 aromatic rings. The van der Waals surface area contributed by atoms with Crippen molar-refractivity contribution >= 4 is 23.2 Å². The molecule has 0 radical (unpaired) electrons. The number of carbonyl (C=O) groups excluding carboxylic acids is 2. The number of aryl methyl sites for hydroxylation is 1. The number of ether oxygens (including phenoxy) is 2. The Kier molecular flexibility index (Phi) is 7.25. The Morgan fingerprint density at radius 2 is 1.83 bits per heavy atom. The van der Waals surface area contributed by atoms with E-state index in [1.165, 1.54) is 34.6 Å². The molecule has 184 valence electrons. The number of nitrogens with zero attached hydrogens (tertiary/aromatic N) is 1. The highest BCUT2D eigenvalue weighted by molar-refractivity contribution is 7.12. The minimum atomic E-state index is -4.79. The van der Waals surface area contributed by atoms with Crippen LogP contribution in [-0.4, -0.2) is 29.8 Å². The van der Waals surface area contributed by atoms with Crippen LogP contribution < -0.4 is 20.5 Å². The highest BCUT2D eigenvalue weighted by Crippen LogP contribution is 2.40. The summed E-state index contributed by atoms with van der Waals surface area (Å²) in [5, 5.41) is 3.21. The van der Waals surface area contributed by atoms with E-state index < -0.39 is 18.2 Å². The molecular weight excluding hydrogens is 483 g/mol. The number of hydrogen-bond acceptors (Lipinski definition) is 6. The summed E-state index contributed by atoms with van der Waals surface area (Å²) in [6.07, 6.45) is -1.93. The maximum absolute atomic E-state index is 12.2. The molecule has 3 N–H and O–H groups in total. The first kappa shape index (κ1) is 24.5. The van der Waals surface area contributed by atoms with Gasteiger partial charge >= 0.3 is 6.36 Å². The van der Waals surface area contributed by atoms with Gasteiger partial charge in [0.25, 0.3) is 11.8 Å². The van der Waals surface area contributed by atoms with Crippen LogP contribution in [0.25, 0.3) is 0 Å². The minimum Gasteiger partial charge on any atom is -0.484 e. The number of rotatable bonds is 8. The Balaban J connectivity index is 1.36. The van der Waals surface area contributed by atoms with Crippen LogP contribution in [0.15, 0.2) is 48.5 Å². The van der Waals surface area contributed by atoms with Gasteiger partial charge < -0.3 is 20.5 Å². The third-order valence-electron chi connectivity index (χ3n) is 5.48. The summed E-state index contributed by atoms with van der Waals surface area (Å²) in [5.74, 6) is -1.23. The SMILES string of the molecule is NC(=O)c1nc(CNC(=O)COc2ccc(OC(F)(F)F)cc2)sc1[C@@H]1CCCc2ccccc21. The van der Waals surface area contributed by atoms with Gasteiger partial charge in [-0.3, -0.25) is 9.59 Å². The molecule has 35 heavy (non-hydrogen) atoms. The largest absolute Gasteiger partial charge is 0.573 e. The fourth-order valence-electron chi connectivity index (χ4n) is 4.00. The normalized spacial score (nSPS) is 15.2. The van der Waals surface area contributed by atoms with Crippen molar-refractivity contribution in [3.63, 3.8) is 0 Å². The molecule has 1 aliphatic carbocycles. The molecule has 0 spiro atoms. The van der Waals surface area contributed by atoms with E-state index in [0.29, 0.717) is 5.01 Å². The van der Waals surface area contributed by atoms with E-state index in [4.69, 9.17) is 10.5 Å². The Morgan fingerprint density at radius 3 is 2.54 bits per heavy atom. The van der Waals surface area contributed by atoms with Crippen molar-refractivity contribution < 1.29 is 32.2 Å². The molecule has 2 amide bonds. The second-order valence-electron chi connectivity index (χ2n) is 7.91. The first-order chi connectivity index (χ1) is 16.7. The first-order valence-corrected chi connectivity index (χ1v) is 11.6. The summed E-state index contributed by atoms with van der Waals surface area (Å²) < 4.78 is 45.8. The minimum absolute atomic E-state index is 0.0250. The predicted molar refractivity (Wildman–Crippen MR) is 122 cm³/mol. The van der Waals surface area contributed by atoms with Gasteiger partial charge in [0, 0.05) is 10.8 Å². The predicted octanol–water partition coefficient (Wildman–Crippen LogP) is 4.30. The summed E-state index contributed by atoms with van der Waals surface area (Å²) in [5.41, 5.74) is 8.23. The number of aromatic nitrogens is 1. The third kappa shape index (κ3) is 6.30. The summed E-state index contributed by atoms with van der Waals surface area (Å²) >= 11 is 1.35. The average molecular weight is 506 g/mol. The van der Waals surface area contributed by atoms with Crippen LogP contribution in [0, 0.1) is 0 Å². The van der Waals surface area contributed by atoms with Crippen molar-refractivity contribution in [2.24, 2.45) is 5.73 Å². The van der Waals surface area contributed by atoms with E-state index in [2.05, 4.69) is 27.2 Å². The Morgan fingerprint density at radius 1 is 1.11 bits per heavy atom. The van der Waals surface area contributed by atoms with Gasteiger partial charge in [0.05, 0.1) is 6.54 Å². The van der Waals surface area contributed by atoms with Gasteiger partial charge in [0.2, 0.25) is 0 Å². The van der Waals surface area contributed by atoms with E-state index in [1.807, 2.05) is 12.1 Å². The molecule has 1 aliphatic rings. The van der Waals surface area contributed by atoms with Crippen molar-refractivity contribution in [1.29, 1.82) is 0 Å². The lowest BCUT2D eigenvalue weighted by atomic mass is 9.81. The van der Waals surface area contributed by atoms with Crippen LogP contribution in [0.3, 0.4) is 0 Å². The van der Waals surface area contributed by atoms with Crippen molar-refractivity contribution in [2.75, 3.05) is 6.61 Å². The van der Waals surface area contributed by atoms with E-state index in [-0.39, 0.29) is 36.3 Å². The quantitative estimate of drug-likeness (QED) is 0.475.